The van der Waals surface area contributed by atoms with Crippen molar-refractivity contribution in [2.75, 3.05) is 16.9 Å². The molecule has 158 valence electrons. The number of nitrogens with zero attached hydrogens (tertiary/aromatic N) is 3. The lowest BCUT2D eigenvalue weighted by atomic mass is 10.0. The summed E-state index contributed by atoms with van der Waals surface area (Å²) in [7, 11) is 0. The highest BCUT2D eigenvalue weighted by molar-refractivity contribution is 7.99. The summed E-state index contributed by atoms with van der Waals surface area (Å²) >= 11 is 1.23. The standard InChI is InChI=1S/C22H27N5O2S/c1-14(2)17-8-10-18(11-9-17)29-12-19-25-26-22(27(19)23)30-13-20(28)24-21-15(3)6-5-7-16(21)4/h5-11,14H,12-13,23H2,1-4H3,(H,24,28). The highest BCUT2D eigenvalue weighted by Crippen LogP contribution is 2.22. The maximum atomic E-state index is 12.3. The predicted octanol–water partition coefficient (Wildman–Crippen LogP) is 4.04. The number of carbonyl (C=O) groups excluding carboxylic acids is 1. The van der Waals surface area contributed by atoms with E-state index in [-0.39, 0.29) is 18.3 Å². The van der Waals surface area contributed by atoms with Gasteiger partial charge in [0.05, 0.1) is 5.75 Å². The summed E-state index contributed by atoms with van der Waals surface area (Å²) in [6, 6.07) is 13.9. The van der Waals surface area contributed by atoms with Gasteiger partial charge in [-0.2, -0.15) is 0 Å². The summed E-state index contributed by atoms with van der Waals surface area (Å²) in [6.07, 6.45) is 0. The molecule has 1 amide bonds. The summed E-state index contributed by atoms with van der Waals surface area (Å²) in [5.41, 5.74) is 4.14. The average molecular weight is 426 g/mol. The van der Waals surface area contributed by atoms with Crippen LogP contribution in [0.1, 0.15) is 42.3 Å². The molecule has 3 rings (SSSR count). The summed E-state index contributed by atoms with van der Waals surface area (Å²) in [6.45, 7) is 8.42. The Morgan fingerprint density at radius 1 is 1.13 bits per heavy atom. The van der Waals surface area contributed by atoms with Crippen LogP contribution in [0, 0.1) is 13.8 Å². The first-order valence-electron chi connectivity index (χ1n) is 9.76. The van der Waals surface area contributed by atoms with E-state index in [1.807, 2.05) is 56.3 Å². The summed E-state index contributed by atoms with van der Waals surface area (Å²) in [5, 5.41) is 11.6. The molecule has 0 saturated heterocycles. The van der Waals surface area contributed by atoms with Crippen molar-refractivity contribution in [3.63, 3.8) is 0 Å². The van der Waals surface area contributed by atoms with Crippen molar-refractivity contribution in [2.45, 2.75) is 45.4 Å². The van der Waals surface area contributed by atoms with Crippen molar-refractivity contribution >= 4 is 23.4 Å². The van der Waals surface area contributed by atoms with E-state index in [2.05, 4.69) is 29.4 Å². The predicted molar refractivity (Wildman–Crippen MR) is 120 cm³/mol. The normalized spacial score (nSPS) is 11.0. The maximum Gasteiger partial charge on any atom is 0.234 e. The largest absolute Gasteiger partial charge is 0.486 e. The van der Waals surface area contributed by atoms with E-state index in [4.69, 9.17) is 10.6 Å². The van der Waals surface area contributed by atoms with Gasteiger partial charge in [-0.1, -0.05) is 55.9 Å². The Labute approximate surface area is 181 Å². The van der Waals surface area contributed by atoms with Gasteiger partial charge in [-0.25, -0.2) is 4.68 Å². The van der Waals surface area contributed by atoms with Crippen molar-refractivity contribution in [3.8, 4) is 5.75 Å². The minimum atomic E-state index is -0.122. The van der Waals surface area contributed by atoms with Crippen LogP contribution < -0.4 is 15.9 Å². The lowest BCUT2D eigenvalue weighted by molar-refractivity contribution is -0.113. The fourth-order valence-electron chi connectivity index (χ4n) is 2.92. The first-order valence-corrected chi connectivity index (χ1v) is 10.7. The number of para-hydroxylation sites is 1. The molecule has 1 aromatic heterocycles. The number of nitrogen functional groups attached to an aromatic ring is 1. The number of rotatable bonds is 8. The molecule has 0 aliphatic carbocycles. The first kappa shape index (κ1) is 21.7. The van der Waals surface area contributed by atoms with E-state index < -0.39 is 0 Å². The number of nitrogens with two attached hydrogens (primary N) is 1. The molecular formula is C22H27N5O2S. The van der Waals surface area contributed by atoms with Crippen LogP contribution in [0.4, 0.5) is 5.69 Å². The fraction of sp³-hybridized carbons (Fsp3) is 0.318. The zero-order valence-electron chi connectivity index (χ0n) is 17.7. The van der Waals surface area contributed by atoms with E-state index in [9.17, 15) is 4.79 Å². The Bertz CT molecular complexity index is 995. The second-order valence-electron chi connectivity index (χ2n) is 7.38. The van der Waals surface area contributed by atoms with Crippen molar-refractivity contribution in [1.29, 1.82) is 0 Å². The Hall–Kier alpha value is -3.00. The van der Waals surface area contributed by atoms with E-state index in [1.54, 1.807) is 0 Å². The molecule has 0 spiro atoms. The van der Waals surface area contributed by atoms with Crippen LogP contribution in [0.5, 0.6) is 5.75 Å². The molecule has 0 aliphatic rings. The van der Waals surface area contributed by atoms with Gasteiger partial charge < -0.3 is 15.9 Å². The molecule has 0 saturated carbocycles. The van der Waals surface area contributed by atoms with Crippen LogP contribution in [0.15, 0.2) is 47.6 Å². The van der Waals surface area contributed by atoms with Crippen LogP contribution in [0.25, 0.3) is 0 Å². The molecule has 3 aromatic rings. The summed E-state index contributed by atoms with van der Waals surface area (Å²) in [5.74, 6) is 7.83. The second kappa shape index (κ2) is 9.67. The molecule has 8 heteroatoms. The number of ether oxygens (including phenoxy) is 1. The lowest BCUT2D eigenvalue weighted by Gasteiger charge is -2.11. The van der Waals surface area contributed by atoms with E-state index in [0.717, 1.165) is 22.6 Å². The van der Waals surface area contributed by atoms with Gasteiger partial charge in [0.25, 0.3) is 0 Å². The minimum Gasteiger partial charge on any atom is -0.486 e. The van der Waals surface area contributed by atoms with Gasteiger partial charge in [0, 0.05) is 5.69 Å². The van der Waals surface area contributed by atoms with E-state index in [1.165, 1.54) is 22.0 Å². The van der Waals surface area contributed by atoms with Gasteiger partial charge in [0.1, 0.15) is 12.4 Å². The van der Waals surface area contributed by atoms with Crippen LogP contribution in [-0.2, 0) is 11.4 Å². The number of aryl methyl sites for hydroxylation is 2. The molecular weight excluding hydrogens is 398 g/mol. The minimum absolute atomic E-state index is 0.122. The van der Waals surface area contributed by atoms with Gasteiger partial charge in [0.15, 0.2) is 5.82 Å². The molecule has 3 N–H and O–H groups in total. The number of carbonyl (C=O) groups is 1. The zero-order chi connectivity index (χ0) is 21.7. The highest BCUT2D eigenvalue weighted by atomic mass is 32.2. The molecule has 1 heterocycles. The van der Waals surface area contributed by atoms with Crippen molar-refractivity contribution < 1.29 is 9.53 Å². The number of benzene rings is 2. The number of amides is 1. The van der Waals surface area contributed by atoms with Crippen molar-refractivity contribution in [3.05, 3.63) is 65.0 Å². The molecule has 0 bridgehead atoms. The molecule has 2 aromatic carbocycles. The number of hydrogen-bond donors (Lipinski definition) is 2. The van der Waals surface area contributed by atoms with Crippen LogP contribution in [0.2, 0.25) is 0 Å². The monoisotopic (exact) mass is 425 g/mol. The van der Waals surface area contributed by atoms with Crippen LogP contribution >= 0.6 is 11.8 Å². The molecule has 0 aliphatic heterocycles. The van der Waals surface area contributed by atoms with Crippen LogP contribution in [0.3, 0.4) is 0 Å². The van der Waals surface area contributed by atoms with Gasteiger partial charge in [0.2, 0.25) is 11.1 Å². The number of nitrogens with one attached hydrogen (secondary N) is 1. The van der Waals surface area contributed by atoms with E-state index in [0.29, 0.717) is 16.9 Å². The SMILES string of the molecule is Cc1cccc(C)c1NC(=O)CSc1nnc(COc2ccc(C(C)C)cc2)n1N. The Morgan fingerprint density at radius 3 is 2.43 bits per heavy atom. The van der Waals surface area contributed by atoms with Crippen molar-refractivity contribution in [1.82, 2.24) is 14.9 Å². The van der Waals surface area contributed by atoms with E-state index >= 15 is 0 Å². The third-order valence-electron chi connectivity index (χ3n) is 4.73. The molecule has 30 heavy (non-hydrogen) atoms. The quantitative estimate of drug-likeness (QED) is 0.418. The Morgan fingerprint density at radius 2 is 1.80 bits per heavy atom. The fourth-order valence-corrected chi connectivity index (χ4v) is 3.59. The first-order chi connectivity index (χ1) is 14.3. The second-order valence-corrected chi connectivity index (χ2v) is 8.33. The third kappa shape index (κ3) is 5.33. The number of aromatic nitrogens is 3. The lowest BCUT2D eigenvalue weighted by Crippen LogP contribution is -2.18. The third-order valence-corrected chi connectivity index (χ3v) is 5.67. The molecule has 0 fully saturated rings. The van der Waals surface area contributed by atoms with Crippen LogP contribution in [-0.4, -0.2) is 26.5 Å². The maximum absolute atomic E-state index is 12.3. The number of thioether (sulfide) groups is 1. The average Bonchev–Trinajstić information content (AvgIpc) is 3.07. The topological polar surface area (TPSA) is 95.1 Å². The van der Waals surface area contributed by atoms with Gasteiger partial charge in [-0.05, 0) is 48.6 Å². The zero-order valence-corrected chi connectivity index (χ0v) is 18.5. The number of anilines is 1. The number of hydrogen-bond acceptors (Lipinski definition) is 6. The molecule has 0 radical (unpaired) electrons. The summed E-state index contributed by atoms with van der Waals surface area (Å²) in [4.78, 5) is 12.3. The molecule has 7 nitrogen and oxygen atoms in total. The highest BCUT2D eigenvalue weighted by Gasteiger charge is 2.14. The van der Waals surface area contributed by atoms with Gasteiger partial charge in [-0.3, -0.25) is 4.79 Å². The molecule has 0 unspecified atom stereocenters. The summed E-state index contributed by atoms with van der Waals surface area (Å²) < 4.78 is 7.12. The molecule has 0 atom stereocenters. The van der Waals surface area contributed by atoms with Gasteiger partial charge in [-0.15, -0.1) is 10.2 Å². The van der Waals surface area contributed by atoms with Gasteiger partial charge >= 0.3 is 0 Å². The smallest absolute Gasteiger partial charge is 0.234 e. The Balaban J connectivity index is 1.54. The Kier molecular flexibility index (Phi) is 6.99. The van der Waals surface area contributed by atoms with Crippen molar-refractivity contribution in [2.24, 2.45) is 0 Å².